The van der Waals surface area contributed by atoms with Crippen molar-refractivity contribution in [3.8, 4) is 0 Å². The summed E-state index contributed by atoms with van der Waals surface area (Å²) in [6.45, 7) is 10.7. The van der Waals surface area contributed by atoms with E-state index in [0.717, 1.165) is 49.9 Å². The van der Waals surface area contributed by atoms with E-state index in [2.05, 4.69) is 20.5 Å². The summed E-state index contributed by atoms with van der Waals surface area (Å²) in [7, 11) is 0. The first kappa shape index (κ1) is 25.1. The minimum atomic E-state index is -0.996. The van der Waals surface area contributed by atoms with Crippen LogP contribution in [0.2, 0.25) is 0 Å². The van der Waals surface area contributed by atoms with E-state index in [0.29, 0.717) is 12.5 Å². The Labute approximate surface area is 199 Å². The molecule has 1 aliphatic heterocycles. The van der Waals surface area contributed by atoms with E-state index in [-0.39, 0.29) is 36.6 Å². The number of furan rings is 1. The van der Waals surface area contributed by atoms with Gasteiger partial charge in [0.25, 0.3) is 0 Å². The van der Waals surface area contributed by atoms with Gasteiger partial charge in [-0.1, -0.05) is 0 Å². The van der Waals surface area contributed by atoms with Gasteiger partial charge in [-0.05, 0) is 55.3 Å². The number of aliphatic hydroxyl groups is 1. The highest BCUT2D eigenvalue weighted by Crippen LogP contribution is 2.24. The molecule has 3 N–H and O–H groups in total. The van der Waals surface area contributed by atoms with Gasteiger partial charge in [0.15, 0.2) is 5.96 Å². The van der Waals surface area contributed by atoms with E-state index in [1.54, 1.807) is 18.3 Å². The van der Waals surface area contributed by atoms with Crippen LogP contribution in [0.15, 0.2) is 38.4 Å². The molecule has 168 valence electrons. The lowest BCUT2D eigenvalue weighted by Gasteiger charge is -2.33. The van der Waals surface area contributed by atoms with Crippen molar-refractivity contribution < 1.29 is 14.3 Å². The van der Waals surface area contributed by atoms with Crippen molar-refractivity contribution in [2.75, 3.05) is 45.9 Å². The molecule has 30 heavy (non-hydrogen) atoms. The van der Waals surface area contributed by atoms with Gasteiger partial charge in [-0.3, -0.25) is 4.90 Å². The second kappa shape index (κ2) is 12.0. The molecule has 1 fully saturated rings. The predicted molar refractivity (Wildman–Crippen MR) is 132 cm³/mol. The van der Waals surface area contributed by atoms with Crippen LogP contribution in [0.3, 0.4) is 0 Å². The Morgan fingerprint density at radius 3 is 2.67 bits per heavy atom. The van der Waals surface area contributed by atoms with Crippen molar-refractivity contribution in [2.45, 2.75) is 32.4 Å². The van der Waals surface area contributed by atoms with E-state index in [4.69, 9.17) is 9.15 Å². The van der Waals surface area contributed by atoms with E-state index in [9.17, 15) is 5.11 Å². The van der Waals surface area contributed by atoms with Crippen molar-refractivity contribution in [3.05, 3.63) is 46.0 Å². The zero-order valence-corrected chi connectivity index (χ0v) is 21.0. The Bertz CT molecular complexity index is 773. The lowest BCUT2D eigenvalue weighted by molar-refractivity contribution is 0.0124. The Kier molecular flexibility index (Phi) is 10.1. The monoisotopic (exact) mass is 548 g/mol. The van der Waals surface area contributed by atoms with Crippen molar-refractivity contribution in [1.82, 2.24) is 15.5 Å². The third-order valence-electron chi connectivity index (χ3n) is 5.07. The molecule has 3 rings (SSSR count). The lowest BCUT2D eigenvalue weighted by Crippen LogP contribution is -2.46. The van der Waals surface area contributed by atoms with Crippen LogP contribution in [0.5, 0.6) is 0 Å². The maximum atomic E-state index is 10.8. The summed E-state index contributed by atoms with van der Waals surface area (Å²) in [5.41, 5.74) is -0.108. The van der Waals surface area contributed by atoms with Gasteiger partial charge < -0.3 is 24.9 Å². The van der Waals surface area contributed by atoms with Crippen LogP contribution in [0.4, 0.5) is 0 Å². The molecule has 0 bridgehead atoms. The zero-order valence-electron chi connectivity index (χ0n) is 17.9. The molecule has 2 atom stereocenters. The molecule has 2 aromatic heterocycles. The summed E-state index contributed by atoms with van der Waals surface area (Å²) in [5.74, 6) is 2.54. The molecule has 0 spiro atoms. The zero-order chi connectivity index (χ0) is 20.7. The fourth-order valence-corrected chi connectivity index (χ4v) is 4.14. The van der Waals surface area contributed by atoms with Crippen LogP contribution in [0, 0.1) is 6.92 Å². The summed E-state index contributed by atoms with van der Waals surface area (Å²) < 4.78 is 11.4. The Morgan fingerprint density at radius 1 is 1.30 bits per heavy atom. The van der Waals surface area contributed by atoms with Crippen LogP contribution in [0.25, 0.3) is 0 Å². The molecule has 1 aliphatic rings. The number of halogens is 1. The van der Waals surface area contributed by atoms with E-state index >= 15 is 0 Å². The highest BCUT2D eigenvalue weighted by atomic mass is 127. The van der Waals surface area contributed by atoms with Crippen molar-refractivity contribution in [1.29, 1.82) is 0 Å². The minimum Gasteiger partial charge on any atom is -0.465 e. The van der Waals surface area contributed by atoms with Crippen LogP contribution < -0.4 is 10.6 Å². The predicted octanol–water partition coefficient (Wildman–Crippen LogP) is 3.10. The van der Waals surface area contributed by atoms with Gasteiger partial charge in [0.05, 0.1) is 25.8 Å². The van der Waals surface area contributed by atoms with Crippen LogP contribution >= 0.6 is 35.3 Å². The third kappa shape index (κ3) is 6.94. The average Bonchev–Trinajstić information content (AvgIpc) is 3.40. The van der Waals surface area contributed by atoms with Crippen LogP contribution in [-0.2, 0) is 10.3 Å². The molecule has 0 aromatic carbocycles. The Balaban J connectivity index is 0.00000320. The maximum absolute atomic E-state index is 10.8. The fraction of sp³-hybridized carbons (Fsp3) is 0.571. The smallest absolute Gasteiger partial charge is 0.191 e. The highest BCUT2D eigenvalue weighted by molar-refractivity contribution is 14.0. The molecule has 2 unspecified atom stereocenters. The summed E-state index contributed by atoms with van der Waals surface area (Å²) in [4.78, 5) is 7.01. The molecular formula is C21H33IN4O3S. The standard InChI is InChI=1S/C21H32N4O3S.HI/c1-4-22-20(24-15-21(3,26)17-7-12-29-14-17)23-13-18(19-6-5-16(2)28-19)25-8-10-27-11-9-25;/h5-7,12,14,18,26H,4,8-11,13,15H2,1-3H3,(H2,22,23,24);1H. The van der Waals surface area contributed by atoms with Gasteiger partial charge in [-0.15, -0.1) is 24.0 Å². The molecule has 3 heterocycles. The summed E-state index contributed by atoms with van der Waals surface area (Å²) in [6, 6.07) is 6.07. The van der Waals surface area contributed by atoms with E-state index < -0.39 is 5.60 Å². The number of nitrogens with one attached hydrogen (secondary N) is 2. The largest absolute Gasteiger partial charge is 0.465 e. The normalized spacial score (nSPS) is 18.3. The summed E-state index contributed by atoms with van der Waals surface area (Å²) in [6.07, 6.45) is 0. The topological polar surface area (TPSA) is 82.3 Å². The SMILES string of the molecule is CCNC(=NCC(C)(O)c1ccsc1)NCC(c1ccc(C)o1)N1CCOCC1.I. The molecule has 1 saturated heterocycles. The quantitative estimate of drug-likeness (QED) is 0.267. The minimum absolute atomic E-state index is 0. The van der Waals surface area contributed by atoms with E-state index in [1.807, 2.05) is 42.8 Å². The number of hydrogen-bond donors (Lipinski definition) is 3. The summed E-state index contributed by atoms with van der Waals surface area (Å²) >= 11 is 1.57. The van der Waals surface area contributed by atoms with Gasteiger partial charge in [-0.25, -0.2) is 4.99 Å². The molecule has 0 radical (unpaired) electrons. The number of aryl methyl sites for hydroxylation is 1. The van der Waals surface area contributed by atoms with Crippen molar-refractivity contribution in [2.24, 2.45) is 4.99 Å². The van der Waals surface area contributed by atoms with Gasteiger partial charge in [0.1, 0.15) is 17.1 Å². The fourth-order valence-electron chi connectivity index (χ4n) is 3.36. The van der Waals surface area contributed by atoms with Gasteiger partial charge in [0.2, 0.25) is 0 Å². The van der Waals surface area contributed by atoms with Crippen LogP contribution in [0.1, 0.15) is 37.0 Å². The first-order valence-electron chi connectivity index (χ1n) is 10.1. The van der Waals surface area contributed by atoms with Gasteiger partial charge in [-0.2, -0.15) is 11.3 Å². The second-order valence-corrected chi connectivity index (χ2v) is 8.25. The first-order valence-corrected chi connectivity index (χ1v) is 11.1. The lowest BCUT2D eigenvalue weighted by atomic mass is 10.00. The molecule has 2 aromatic rings. The molecular weight excluding hydrogens is 515 g/mol. The van der Waals surface area contributed by atoms with Gasteiger partial charge in [0, 0.05) is 26.2 Å². The molecule has 9 heteroatoms. The Morgan fingerprint density at radius 2 is 2.07 bits per heavy atom. The summed E-state index contributed by atoms with van der Waals surface area (Å²) in [5, 5.41) is 21.4. The number of morpholine rings is 1. The number of guanidine groups is 1. The second-order valence-electron chi connectivity index (χ2n) is 7.47. The average molecular weight is 548 g/mol. The van der Waals surface area contributed by atoms with Crippen molar-refractivity contribution in [3.63, 3.8) is 0 Å². The first-order chi connectivity index (χ1) is 14.0. The molecule has 0 amide bonds. The molecule has 0 aliphatic carbocycles. The van der Waals surface area contributed by atoms with Crippen molar-refractivity contribution >= 4 is 41.3 Å². The van der Waals surface area contributed by atoms with Crippen LogP contribution in [-0.4, -0.2) is 61.9 Å². The number of rotatable bonds is 8. The third-order valence-corrected chi connectivity index (χ3v) is 5.75. The molecule has 0 saturated carbocycles. The Hall–Kier alpha value is -1.14. The number of nitrogens with zero attached hydrogens (tertiary/aromatic N) is 2. The molecule has 7 nitrogen and oxygen atoms in total. The number of thiophene rings is 1. The van der Waals surface area contributed by atoms with Gasteiger partial charge >= 0.3 is 0 Å². The highest BCUT2D eigenvalue weighted by Gasteiger charge is 2.26. The maximum Gasteiger partial charge on any atom is 0.191 e. The van der Waals surface area contributed by atoms with E-state index in [1.165, 1.54) is 0 Å². The number of ether oxygens (including phenoxy) is 1. The number of hydrogen-bond acceptors (Lipinski definition) is 6. The number of aliphatic imine (C=N–C) groups is 1.